The van der Waals surface area contributed by atoms with Gasteiger partial charge in [-0.15, -0.1) is 11.8 Å². The van der Waals surface area contributed by atoms with Crippen LogP contribution in [-0.2, 0) is 18.4 Å². The van der Waals surface area contributed by atoms with Gasteiger partial charge in [0.05, 0.1) is 18.0 Å². The van der Waals surface area contributed by atoms with Crippen LogP contribution in [-0.4, -0.2) is 21.4 Å². The highest BCUT2D eigenvalue weighted by Gasteiger charge is 2.27. The fraction of sp³-hybridized carbons (Fsp3) is 0.375. The Morgan fingerprint density at radius 3 is 2.82 bits per heavy atom. The Bertz CT molecular complexity index is 665. The molecule has 1 saturated carbocycles. The van der Waals surface area contributed by atoms with Crippen molar-refractivity contribution >= 4 is 17.7 Å². The summed E-state index contributed by atoms with van der Waals surface area (Å²) in [5, 5.41) is 7.30. The minimum Gasteiger partial charge on any atom is -0.350 e. The lowest BCUT2D eigenvalue weighted by atomic mass is 10.2. The predicted octanol–water partition coefficient (Wildman–Crippen LogP) is 2.85. The van der Waals surface area contributed by atoms with Crippen molar-refractivity contribution < 1.29 is 9.18 Å². The van der Waals surface area contributed by atoms with Crippen LogP contribution in [0.15, 0.2) is 35.2 Å². The zero-order chi connectivity index (χ0) is 15.5. The second-order valence-electron chi connectivity index (χ2n) is 5.48. The number of amides is 1. The molecule has 6 heteroatoms. The van der Waals surface area contributed by atoms with Crippen molar-refractivity contribution in [2.24, 2.45) is 7.05 Å². The van der Waals surface area contributed by atoms with Crippen molar-refractivity contribution in [1.29, 1.82) is 0 Å². The molecule has 3 rings (SSSR count). The van der Waals surface area contributed by atoms with E-state index in [1.54, 1.807) is 12.1 Å². The van der Waals surface area contributed by atoms with E-state index in [2.05, 4.69) is 16.5 Å². The summed E-state index contributed by atoms with van der Waals surface area (Å²) >= 11 is 1.39. The average Bonchev–Trinajstić information content (AvgIpc) is 3.28. The molecule has 0 saturated heterocycles. The Hall–Kier alpha value is -1.82. The van der Waals surface area contributed by atoms with Crippen molar-refractivity contribution in [2.75, 3.05) is 5.75 Å². The first-order valence-corrected chi connectivity index (χ1v) is 8.28. The number of rotatable bonds is 6. The summed E-state index contributed by atoms with van der Waals surface area (Å²) in [6.07, 6.45) is 2.47. The molecule has 1 aliphatic rings. The zero-order valence-corrected chi connectivity index (χ0v) is 13.2. The molecular weight excluding hydrogens is 301 g/mol. The Morgan fingerprint density at radius 1 is 1.41 bits per heavy atom. The summed E-state index contributed by atoms with van der Waals surface area (Å²) < 4.78 is 14.7. The predicted molar refractivity (Wildman–Crippen MR) is 84.2 cm³/mol. The Kier molecular flexibility index (Phi) is 4.47. The first-order chi connectivity index (χ1) is 10.6. The van der Waals surface area contributed by atoms with Crippen LogP contribution in [0.4, 0.5) is 4.39 Å². The molecule has 22 heavy (non-hydrogen) atoms. The highest BCUT2D eigenvalue weighted by molar-refractivity contribution is 8.00. The van der Waals surface area contributed by atoms with Crippen LogP contribution in [0.5, 0.6) is 0 Å². The standard InChI is InChI=1S/C16H18FN3OS/c1-20-15(11-2-3-11)8-13(19-20)9-18-16(21)10-22-14-6-4-12(17)5-7-14/h4-8,11H,2-3,9-10H2,1H3,(H,18,21). The Balaban J connectivity index is 1.45. The van der Waals surface area contributed by atoms with Gasteiger partial charge in [0.2, 0.25) is 5.91 Å². The summed E-state index contributed by atoms with van der Waals surface area (Å²) in [7, 11) is 1.95. The van der Waals surface area contributed by atoms with Gasteiger partial charge in [-0.05, 0) is 43.2 Å². The number of thioether (sulfide) groups is 1. The summed E-state index contributed by atoms with van der Waals surface area (Å²) in [5.74, 6) is 0.646. The van der Waals surface area contributed by atoms with Gasteiger partial charge >= 0.3 is 0 Å². The zero-order valence-electron chi connectivity index (χ0n) is 12.4. The first-order valence-electron chi connectivity index (χ1n) is 7.29. The summed E-state index contributed by atoms with van der Waals surface area (Å²) in [4.78, 5) is 12.7. The van der Waals surface area contributed by atoms with Crippen molar-refractivity contribution in [3.05, 3.63) is 47.5 Å². The van der Waals surface area contributed by atoms with Gasteiger partial charge in [0.15, 0.2) is 0 Å². The molecule has 1 aromatic heterocycles. The van der Waals surface area contributed by atoms with Gasteiger partial charge in [-0.3, -0.25) is 9.48 Å². The number of benzene rings is 1. The van der Waals surface area contributed by atoms with Crippen LogP contribution in [0, 0.1) is 5.82 Å². The maximum Gasteiger partial charge on any atom is 0.230 e. The van der Waals surface area contributed by atoms with Crippen LogP contribution < -0.4 is 5.32 Å². The maximum atomic E-state index is 12.8. The SMILES string of the molecule is Cn1nc(CNC(=O)CSc2ccc(F)cc2)cc1C1CC1. The summed E-state index contributed by atoms with van der Waals surface area (Å²) in [6.45, 7) is 0.448. The third kappa shape index (κ3) is 3.88. The van der Waals surface area contributed by atoms with Crippen LogP contribution >= 0.6 is 11.8 Å². The molecule has 1 heterocycles. The summed E-state index contributed by atoms with van der Waals surface area (Å²) in [5.41, 5.74) is 2.15. The number of hydrogen-bond donors (Lipinski definition) is 1. The lowest BCUT2D eigenvalue weighted by Crippen LogP contribution is -2.24. The molecule has 0 bridgehead atoms. The number of nitrogens with zero attached hydrogens (tertiary/aromatic N) is 2. The van der Waals surface area contributed by atoms with E-state index in [1.165, 1.54) is 42.4 Å². The topological polar surface area (TPSA) is 46.9 Å². The number of aryl methyl sites for hydroxylation is 1. The molecule has 0 aliphatic heterocycles. The average molecular weight is 319 g/mol. The van der Waals surface area contributed by atoms with Crippen molar-refractivity contribution in [3.63, 3.8) is 0 Å². The second-order valence-corrected chi connectivity index (χ2v) is 6.53. The molecule has 116 valence electrons. The van der Waals surface area contributed by atoms with E-state index in [1.807, 2.05) is 11.7 Å². The van der Waals surface area contributed by atoms with E-state index in [0.717, 1.165) is 10.6 Å². The molecule has 1 aliphatic carbocycles. The number of aromatic nitrogens is 2. The molecule has 1 fully saturated rings. The third-order valence-corrected chi connectivity index (χ3v) is 4.62. The molecule has 1 N–H and O–H groups in total. The first kappa shape index (κ1) is 15.1. The Morgan fingerprint density at radius 2 is 2.14 bits per heavy atom. The van der Waals surface area contributed by atoms with Gasteiger partial charge in [-0.1, -0.05) is 0 Å². The molecule has 0 radical (unpaired) electrons. The smallest absolute Gasteiger partial charge is 0.230 e. The number of carbonyl (C=O) groups excluding carboxylic acids is 1. The fourth-order valence-corrected chi connectivity index (χ4v) is 3.04. The van der Waals surface area contributed by atoms with E-state index in [9.17, 15) is 9.18 Å². The monoisotopic (exact) mass is 319 g/mol. The number of carbonyl (C=O) groups is 1. The molecule has 1 amide bonds. The molecule has 0 spiro atoms. The van der Waals surface area contributed by atoms with Gasteiger partial charge in [0.25, 0.3) is 0 Å². The molecule has 2 aromatic rings. The molecule has 4 nitrogen and oxygen atoms in total. The fourth-order valence-electron chi connectivity index (χ4n) is 2.31. The molecule has 0 atom stereocenters. The third-order valence-electron chi connectivity index (χ3n) is 3.61. The van der Waals surface area contributed by atoms with Crippen molar-refractivity contribution in [1.82, 2.24) is 15.1 Å². The number of nitrogens with one attached hydrogen (secondary N) is 1. The lowest BCUT2D eigenvalue weighted by molar-refractivity contribution is -0.118. The summed E-state index contributed by atoms with van der Waals surface area (Å²) in [6, 6.07) is 8.22. The van der Waals surface area contributed by atoms with E-state index >= 15 is 0 Å². The minimum atomic E-state index is -0.268. The Labute approximate surface area is 133 Å². The van der Waals surface area contributed by atoms with Gasteiger partial charge in [-0.2, -0.15) is 5.10 Å². The van der Waals surface area contributed by atoms with E-state index in [-0.39, 0.29) is 11.7 Å². The van der Waals surface area contributed by atoms with Crippen LogP contribution in [0.3, 0.4) is 0 Å². The number of halogens is 1. The normalized spacial score (nSPS) is 14.1. The number of hydrogen-bond acceptors (Lipinski definition) is 3. The lowest BCUT2D eigenvalue weighted by Gasteiger charge is -2.03. The van der Waals surface area contributed by atoms with Crippen LogP contribution in [0.25, 0.3) is 0 Å². The molecule has 1 aromatic carbocycles. The van der Waals surface area contributed by atoms with Crippen LogP contribution in [0.1, 0.15) is 30.1 Å². The van der Waals surface area contributed by atoms with Gasteiger partial charge in [0.1, 0.15) is 5.82 Å². The van der Waals surface area contributed by atoms with E-state index in [0.29, 0.717) is 18.2 Å². The minimum absolute atomic E-state index is 0.0482. The van der Waals surface area contributed by atoms with Gasteiger partial charge < -0.3 is 5.32 Å². The highest BCUT2D eigenvalue weighted by atomic mass is 32.2. The molecule has 0 unspecified atom stereocenters. The van der Waals surface area contributed by atoms with Gasteiger partial charge in [-0.25, -0.2) is 4.39 Å². The highest BCUT2D eigenvalue weighted by Crippen LogP contribution is 2.39. The van der Waals surface area contributed by atoms with Crippen molar-refractivity contribution in [3.8, 4) is 0 Å². The van der Waals surface area contributed by atoms with Crippen molar-refractivity contribution in [2.45, 2.75) is 30.2 Å². The van der Waals surface area contributed by atoms with E-state index in [4.69, 9.17) is 0 Å². The maximum absolute atomic E-state index is 12.8. The van der Waals surface area contributed by atoms with Gasteiger partial charge in [0, 0.05) is 23.6 Å². The van der Waals surface area contributed by atoms with E-state index < -0.39 is 0 Å². The van der Waals surface area contributed by atoms with Crippen LogP contribution in [0.2, 0.25) is 0 Å². The quantitative estimate of drug-likeness (QED) is 0.833. The second kappa shape index (κ2) is 6.52. The largest absolute Gasteiger partial charge is 0.350 e. The molecular formula is C16H18FN3OS.